The largest absolute Gasteiger partial charge is 0.490 e. The van der Waals surface area contributed by atoms with Gasteiger partial charge in [0.05, 0.1) is 34.8 Å². The van der Waals surface area contributed by atoms with Gasteiger partial charge in [0.2, 0.25) is 0 Å². The number of ether oxygens (including phenoxy) is 2. The molecular weight excluding hydrogens is 533 g/mol. The van der Waals surface area contributed by atoms with Crippen LogP contribution >= 0.6 is 23.2 Å². The van der Waals surface area contributed by atoms with Crippen molar-refractivity contribution in [2.24, 2.45) is 5.92 Å². The van der Waals surface area contributed by atoms with Crippen LogP contribution in [-0.4, -0.2) is 29.2 Å². The molecule has 0 saturated heterocycles. The summed E-state index contributed by atoms with van der Waals surface area (Å²) in [6, 6.07) is 14.0. The van der Waals surface area contributed by atoms with Crippen LogP contribution in [0.15, 0.2) is 54.6 Å². The first-order valence-electron chi connectivity index (χ1n) is 12.5. The maximum Gasteiger partial charge on any atom is 0.337 e. The summed E-state index contributed by atoms with van der Waals surface area (Å²) < 4.78 is 41.7. The molecule has 1 heterocycles. The van der Waals surface area contributed by atoms with Crippen molar-refractivity contribution in [1.82, 2.24) is 9.55 Å². The van der Waals surface area contributed by atoms with Gasteiger partial charge in [-0.2, -0.15) is 0 Å². The Morgan fingerprint density at radius 2 is 1.74 bits per heavy atom. The molecule has 0 spiro atoms. The fraction of sp³-hybridized carbons (Fsp3) is 0.310. The van der Waals surface area contributed by atoms with E-state index in [1.165, 1.54) is 19.2 Å². The monoisotopic (exact) mass is 558 g/mol. The van der Waals surface area contributed by atoms with Gasteiger partial charge in [-0.1, -0.05) is 42.5 Å². The number of benzene rings is 3. The van der Waals surface area contributed by atoms with Crippen LogP contribution in [0.4, 0.5) is 8.78 Å². The Balaban J connectivity index is 1.59. The molecule has 1 aliphatic rings. The number of methoxy groups -OCH3 is 1. The molecule has 0 radical (unpaired) electrons. The molecule has 198 valence electrons. The first-order chi connectivity index (χ1) is 18.4. The van der Waals surface area contributed by atoms with Crippen LogP contribution in [0.2, 0.25) is 10.0 Å². The van der Waals surface area contributed by atoms with Crippen LogP contribution in [0.5, 0.6) is 5.75 Å². The van der Waals surface area contributed by atoms with Crippen molar-refractivity contribution >= 4 is 40.2 Å². The lowest BCUT2D eigenvalue weighted by Gasteiger charge is -2.33. The van der Waals surface area contributed by atoms with Crippen LogP contribution < -0.4 is 4.74 Å². The zero-order valence-corrected chi connectivity index (χ0v) is 22.2. The first-order valence-corrected chi connectivity index (χ1v) is 13.2. The van der Waals surface area contributed by atoms with E-state index in [1.54, 1.807) is 24.3 Å². The van der Waals surface area contributed by atoms with Gasteiger partial charge in [0, 0.05) is 22.7 Å². The summed E-state index contributed by atoms with van der Waals surface area (Å²) in [4.78, 5) is 16.6. The van der Waals surface area contributed by atoms with Gasteiger partial charge in [0.15, 0.2) is 11.6 Å². The van der Waals surface area contributed by atoms with Crippen molar-refractivity contribution in [3.05, 3.63) is 81.8 Å². The summed E-state index contributed by atoms with van der Waals surface area (Å²) in [5.74, 6) is -1.18. The maximum absolute atomic E-state index is 14.5. The Morgan fingerprint density at radius 3 is 2.42 bits per heavy atom. The van der Waals surface area contributed by atoms with Crippen LogP contribution in [-0.2, 0) is 4.74 Å². The molecule has 1 aliphatic carbocycles. The summed E-state index contributed by atoms with van der Waals surface area (Å²) >= 11 is 12.6. The molecule has 0 aliphatic heterocycles. The highest BCUT2D eigenvalue weighted by Crippen LogP contribution is 2.39. The fourth-order valence-electron chi connectivity index (χ4n) is 5.21. The fourth-order valence-corrected chi connectivity index (χ4v) is 5.57. The minimum Gasteiger partial charge on any atom is -0.490 e. The van der Waals surface area contributed by atoms with Gasteiger partial charge in [0.25, 0.3) is 0 Å². The third-order valence-electron chi connectivity index (χ3n) is 7.12. The van der Waals surface area contributed by atoms with E-state index in [-0.39, 0.29) is 23.6 Å². The van der Waals surface area contributed by atoms with Gasteiger partial charge in [-0.15, -0.1) is 0 Å². The number of hydrogen-bond donors (Lipinski definition) is 0. The Morgan fingerprint density at radius 1 is 1.03 bits per heavy atom. The number of nitrogens with zero attached hydrogens (tertiary/aromatic N) is 2. The quantitative estimate of drug-likeness (QED) is 0.214. The number of halogens is 4. The number of esters is 1. The summed E-state index contributed by atoms with van der Waals surface area (Å²) in [5.41, 5.74) is 1.93. The topological polar surface area (TPSA) is 53.4 Å². The molecule has 3 aromatic carbocycles. The molecule has 38 heavy (non-hydrogen) atoms. The van der Waals surface area contributed by atoms with E-state index in [4.69, 9.17) is 37.7 Å². The van der Waals surface area contributed by atoms with E-state index in [2.05, 4.69) is 0 Å². The zero-order chi connectivity index (χ0) is 26.8. The summed E-state index contributed by atoms with van der Waals surface area (Å²) in [7, 11) is 1.30. The molecule has 1 fully saturated rings. The lowest BCUT2D eigenvalue weighted by Crippen LogP contribution is -2.28. The van der Waals surface area contributed by atoms with E-state index in [0.717, 1.165) is 43.7 Å². The summed E-state index contributed by atoms with van der Waals surface area (Å²) in [5, 5.41) is 0.850. The number of fused-ring (bicyclic) bond motifs is 1. The molecule has 1 aromatic heterocycles. The first kappa shape index (κ1) is 26.4. The second-order valence-electron chi connectivity index (χ2n) is 9.48. The second-order valence-corrected chi connectivity index (χ2v) is 10.3. The number of carbonyl (C=O) groups excluding carboxylic acids is 1. The van der Waals surface area contributed by atoms with E-state index in [1.807, 2.05) is 16.7 Å². The molecule has 0 amide bonds. The third-order valence-corrected chi connectivity index (χ3v) is 7.67. The molecule has 5 rings (SSSR count). The highest BCUT2D eigenvalue weighted by molar-refractivity contribution is 6.32. The Kier molecular flexibility index (Phi) is 7.86. The highest BCUT2D eigenvalue weighted by Gasteiger charge is 2.30. The molecular formula is C29H26Cl2F2N2O3. The van der Waals surface area contributed by atoms with Gasteiger partial charge in [-0.25, -0.2) is 18.6 Å². The molecule has 1 atom stereocenters. The lowest BCUT2D eigenvalue weighted by atomic mass is 9.83. The zero-order valence-electron chi connectivity index (χ0n) is 20.7. The summed E-state index contributed by atoms with van der Waals surface area (Å²) in [6.45, 7) is 0.215. The minimum absolute atomic E-state index is 0.215. The maximum atomic E-state index is 14.5. The molecule has 9 heteroatoms. The van der Waals surface area contributed by atoms with Gasteiger partial charge in [-0.3, -0.25) is 0 Å². The highest BCUT2D eigenvalue weighted by atomic mass is 35.5. The van der Waals surface area contributed by atoms with E-state index < -0.39 is 17.6 Å². The standard InChI is InChI=1S/C29H26Cl2F2N2O3/c1-37-29(36)19-9-12-27(21(31)13-19)38-16-26(17-5-3-2-4-6-17)35-25-15-23(33)22(32)14-24(25)34-28(35)18-7-10-20(30)11-8-18/h7-15,17,26H,2-6,16H2,1H3. The van der Waals surface area contributed by atoms with Gasteiger partial charge in [-0.05, 0) is 61.2 Å². The number of hydrogen-bond acceptors (Lipinski definition) is 4. The molecule has 4 aromatic rings. The van der Waals surface area contributed by atoms with Crippen LogP contribution in [0.1, 0.15) is 48.5 Å². The smallest absolute Gasteiger partial charge is 0.337 e. The van der Waals surface area contributed by atoms with E-state index in [9.17, 15) is 13.6 Å². The van der Waals surface area contributed by atoms with Gasteiger partial charge in [0.1, 0.15) is 18.2 Å². The van der Waals surface area contributed by atoms with E-state index in [0.29, 0.717) is 33.2 Å². The number of imidazole rings is 1. The lowest BCUT2D eigenvalue weighted by molar-refractivity contribution is 0.0600. The molecule has 1 unspecified atom stereocenters. The predicted octanol–water partition coefficient (Wildman–Crippen LogP) is 8.28. The minimum atomic E-state index is -0.951. The third kappa shape index (κ3) is 5.36. The molecule has 5 nitrogen and oxygen atoms in total. The molecule has 0 bridgehead atoms. The van der Waals surface area contributed by atoms with Crippen molar-refractivity contribution < 1.29 is 23.0 Å². The van der Waals surface area contributed by atoms with Crippen LogP contribution in [0.25, 0.3) is 22.4 Å². The number of carbonyl (C=O) groups is 1. The molecule has 1 saturated carbocycles. The SMILES string of the molecule is COC(=O)c1ccc(OCC(C2CCCCC2)n2c(-c3ccc(Cl)cc3)nc3cc(F)c(F)cc32)c(Cl)c1. The average Bonchev–Trinajstić information content (AvgIpc) is 3.28. The average molecular weight is 559 g/mol. The van der Waals surface area contributed by atoms with E-state index >= 15 is 0 Å². The van der Waals surface area contributed by atoms with Crippen molar-refractivity contribution in [2.45, 2.75) is 38.1 Å². The normalized spacial score (nSPS) is 15.0. The second kappa shape index (κ2) is 11.3. The Hall–Kier alpha value is -3.16. The van der Waals surface area contributed by atoms with Crippen LogP contribution in [0.3, 0.4) is 0 Å². The predicted molar refractivity (Wildman–Crippen MR) is 144 cm³/mol. The van der Waals surface area contributed by atoms with Crippen molar-refractivity contribution in [3.63, 3.8) is 0 Å². The van der Waals surface area contributed by atoms with Crippen LogP contribution in [0, 0.1) is 17.6 Å². The van der Waals surface area contributed by atoms with Crippen molar-refractivity contribution in [1.29, 1.82) is 0 Å². The summed E-state index contributed by atoms with van der Waals surface area (Å²) in [6.07, 6.45) is 5.22. The van der Waals surface area contributed by atoms with Gasteiger partial charge >= 0.3 is 5.97 Å². The Labute approximate surface area is 229 Å². The Bertz CT molecular complexity index is 1470. The van der Waals surface area contributed by atoms with Crippen molar-refractivity contribution in [2.75, 3.05) is 13.7 Å². The van der Waals surface area contributed by atoms with Crippen molar-refractivity contribution in [3.8, 4) is 17.1 Å². The number of rotatable bonds is 7. The molecule has 0 N–H and O–H groups in total. The van der Waals surface area contributed by atoms with Gasteiger partial charge < -0.3 is 14.0 Å². The number of aromatic nitrogens is 2.